The maximum atomic E-state index is 12.7. The van der Waals surface area contributed by atoms with Crippen LogP contribution in [0.3, 0.4) is 0 Å². The van der Waals surface area contributed by atoms with Gasteiger partial charge in [0.25, 0.3) is 0 Å². The first-order valence-electron chi connectivity index (χ1n) is 6.88. The first-order chi connectivity index (χ1) is 9.65. The third kappa shape index (κ3) is 3.24. The van der Waals surface area contributed by atoms with Crippen molar-refractivity contribution in [3.05, 3.63) is 0 Å². The van der Waals surface area contributed by atoms with E-state index in [9.17, 15) is 14.4 Å². The summed E-state index contributed by atoms with van der Waals surface area (Å²) in [7, 11) is 0. The van der Waals surface area contributed by atoms with Gasteiger partial charge in [-0.05, 0) is 26.7 Å². The monoisotopic (exact) mass is 300 g/mol. The maximum absolute atomic E-state index is 12.7. The number of esters is 2. The topological polar surface area (TPSA) is 88.1 Å². The number of carbonyl (C=O) groups is 3. The fourth-order valence-electron chi connectivity index (χ4n) is 2.78. The van der Waals surface area contributed by atoms with Crippen molar-refractivity contribution < 1.29 is 33.3 Å². The van der Waals surface area contributed by atoms with Gasteiger partial charge in [0, 0.05) is 13.8 Å². The van der Waals surface area contributed by atoms with Crippen LogP contribution >= 0.6 is 0 Å². The number of rotatable bonds is 2. The highest BCUT2D eigenvalue weighted by atomic mass is 16.8. The van der Waals surface area contributed by atoms with E-state index in [-0.39, 0.29) is 6.61 Å². The summed E-state index contributed by atoms with van der Waals surface area (Å²) in [4.78, 5) is 35.1. The molecule has 3 atom stereocenters. The van der Waals surface area contributed by atoms with E-state index >= 15 is 0 Å². The second-order valence-corrected chi connectivity index (χ2v) is 5.87. The van der Waals surface area contributed by atoms with E-state index in [0.29, 0.717) is 12.8 Å². The summed E-state index contributed by atoms with van der Waals surface area (Å²) in [5.41, 5.74) is -1.14. The molecule has 0 aromatic carbocycles. The van der Waals surface area contributed by atoms with Gasteiger partial charge in [-0.3, -0.25) is 14.4 Å². The van der Waals surface area contributed by atoms with Crippen LogP contribution in [0.15, 0.2) is 0 Å². The molecule has 0 amide bonds. The Morgan fingerprint density at radius 3 is 2.29 bits per heavy atom. The Labute approximate surface area is 122 Å². The standard InChI is InChI=1S/C14H20O7/c1-8(15)19-10-5-6-14(7-18-13(3,4)21-14)12(17)11(10)20-9(2)16/h10-11H,5-7H2,1-4H3/t10-,11-,14+/m1/s1. The van der Waals surface area contributed by atoms with Gasteiger partial charge in [-0.2, -0.15) is 0 Å². The molecule has 1 saturated carbocycles. The fourth-order valence-corrected chi connectivity index (χ4v) is 2.78. The van der Waals surface area contributed by atoms with Gasteiger partial charge in [0.1, 0.15) is 6.10 Å². The van der Waals surface area contributed by atoms with Crippen LogP contribution in [0.5, 0.6) is 0 Å². The molecule has 118 valence electrons. The molecule has 7 nitrogen and oxygen atoms in total. The Bertz CT molecular complexity index is 470. The minimum atomic E-state index is -1.15. The highest BCUT2D eigenvalue weighted by Gasteiger charge is 2.58. The van der Waals surface area contributed by atoms with Crippen molar-refractivity contribution in [2.75, 3.05) is 6.61 Å². The molecule has 7 heteroatoms. The Morgan fingerprint density at radius 1 is 1.19 bits per heavy atom. The molecule has 1 saturated heterocycles. The van der Waals surface area contributed by atoms with Crippen molar-refractivity contribution >= 4 is 17.7 Å². The quantitative estimate of drug-likeness (QED) is 0.695. The molecule has 1 heterocycles. The molecule has 2 aliphatic rings. The lowest BCUT2D eigenvalue weighted by Gasteiger charge is -2.38. The van der Waals surface area contributed by atoms with Gasteiger partial charge in [-0.1, -0.05) is 0 Å². The first kappa shape index (κ1) is 15.9. The maximum Gasteiger partial charge on any atom is 0.303 e. The number of hydrogen-bond acceptors (Lipinski definition) is 7. The summed E-state index contributed by atoms with van der Waals surface area (Å²) in [6.07, 6.45) is -1.22. The van der Waals surface area contributed by atoms with Gasteiger partial charge < -0.3 is 18.9 Å². The predicted molar refractivity (Wildman–Crippen MR) is 69.2 cm³/mol. The largest absolute Gasteiger partial charge is 0.458 e. The minimum absolute atomic E-state index is 0.101. The molecule has 0 unspecified atom stereocenters. The van der Waals surface area contributed by atoms with Crippen molar-refractivity contribution in [1.82, 2.24) is 0 Å². The normalized spacial score (nSPS) is 34.8. The molecule has 0 aromatic heterocycles. The second-order valence-electron chi connectivity index (χ2n) is 5.87. The Morgan fingerprint density at radius 2 is 1.81 bits per heavy atom. The highest BCUT2D eigenvalue weighted by Crippen LogP contribution is 2.40. The molecule has 0 N–H and O–H groups in total. The van der Waals surface area contributed by atoms with Crippen molar-refractivity contribution in [3.63, 3.8) is 0 Å². The van der Waals surface area contributed by atoms with Gasteiger partial charge >= 0.3 is 11.9 Å². The molecule has 1 aliphatic carbocycles. The molecular formula is C14H20O7. The lowest BCUT2D eigenvalue weighted by Crippen LogP contribution is -2.58. The van der Waals surface area contributed by atoms with Crippen LogP contribution < -0.4 is 0 Å². The summed E-state index contributed by atoms with van der Waals surface area (Å²) in [6, 6.07) is 0. The fraction of sp³-hybridized carbons (Fsp3) is 0.786. The van der Waals surface area contributed by atoms with Crippen LogP contribution in [0, 0.1) is 0 Å². The zero-order valence-corrected chi connectivity index (χ0v) is 12.6. The number of hydrogen-bond donors (Lipinski definition) is 0. The zero-order valence-electron chi connectivity index (χ0n) is 12.6. The van der Waals surface area contributed by atoms with Gasteiger partial charge in [-0.25, -0.2) is 0 Å². The SMILES string of the molecule is CC(=O)O[C@@H]1CC[C@]2(COC(C)(C)O2)C(=O)[C@@H]1OC(C)=O. The van der Waals surface area contributed by atoms with E-state index in [4.69, 9.17) is 18.9 Å². The molecular weight excluding hydrogens is 280 g/mol. The Hall–Kier alpha value is -1.47. The van der Waals surface area contributed by atoms with Crippen molar-refractivity contribution in [3.8, 4) is 0 Å². The smallest absolute Gasteiger partial charge is 0.303 e. The summed E-state index contributed by atoms with van der Waals surface area (Å²) < 4.78 is 21.4. The van der Waals surface area contributed by atoms with Crippen LogP contribution in [-0.4, -0.2) is 47.9 Å². The van der Waals surface area contributed by atoms with E-state index in [1.54, 1.807) is 13.8 Å². The summed E-state index contributed by atoms with van der Waals surface area (Å²) in [5.74, 6) is -2.42. The van der Waals surface area contributed by atoms with E-state index in [0.717, 1.165) is 0 Å². The van der Waals surface area contributed by atoms with Crippen LogP contribution in [0.1, 0.15) is 40.5 Å². The average Bonchev–Trinajstić information content (AvgIpc) is 2.65. The lowest BCUT2D eigenvalue weighted by atomic mass is 9.80. The third-order valence-corrected chi connectivity index (χ3v) is 3.58. The van der Waals surface area contributed by atoms with Crippen LogP contribution in [0.2, 0.25) is 0 Å². The number of ketones is 1. The third-order valence-electron chi connectivity index (χ3n) is 3.58. The van der Waals surface area contributed by atoms with Gasteiger partial charge in [0.15, 0.2) is 17.5 Å². The molecule has 21 heavy (non-hydrogen) atoms. The summed E-state index contributed by atoms with van der Waals surface area (Å²) in [6.45, 7) is 5.98. The van der Waals surface area contributed by atoms with Crippen molar-refractivity contribution in [1.29, 1.82) is 0 Å². The molecule has 2 rings (SSSR count). The number of carbonyl (C=O) groups excluding carboxylic acids is 3. The van der Waals surface area contributed by atoms with Crippen molar-refractivity contribution in [2.24, 2.45) is 0 Å². The lowest BCUT2D eigenvalue weighted by molar-refractivity contribution is -0.199. The second kappa shape index (κ2) is 5.38. The van der Waals surface area contributed by atoms with E-state index < -0.39 is 41.3 Å². The predicted octanol–water partition coefficient (Wildman–Crippen LogP) is 0.734. The number of ether oxygens (including phenoxy) is 4. The Kier molecular flexibility index (Phi) is 4.08. The van der Waals surface area contributed by atoms with E-state index in [1.807, 2.05) is 0 Å². The molecule has 0 bridgehead atoms. The average molecular weight is 300 g/mol. The van der Waals surface area contributed by atoms with Crippen LogP contribution in [-0.2, 0) is 33.3 Å². The van der Waals surface area contributed by atoms with E-state index in [1.165, 1.54) is 13.8 Å². The Balaban J connectivity index is 2.23. The molecule has 1 spiro atoms. The molecule has 0 aromatic rings. The van der Waals surface area contributed by atoms with E-state index in [2.05, 4.69) is 0 Å². The molecule has 2 fully saturated rings. The molecule has 0 radical (unpaired) electrons. The molecule has 1 aliphatic heterocycles. The van der Waals surface area contributed by atoms with Gasteiger partial charge in [0.2, 0.25) is 5.78 Å². The summed E-state index contributed by atoms with van der Waals surface area (Å²) in [5, 5.41) is 0. The van der Waals surface area contributed by atoms with Crippen LogP contribution in [0.25, 0.3) is 0 Å². The minimum Gasteiger partial charge on any atom is -0.458 e. The van der Waals surface area contributed by atoms with Crippen LogP contribution in [0.4, 0.5) is 0 Å². The van der Waals surface area contributed by atoms with Gasteiger partial charge in [0.05, 0.1) is 6.61 Å². The number of Topliss-reactive ketones (excluding diaryl/α,β-unsaturated/α-hetero) is 1. The zero-order chi connectivity index (χ0) is 15.8. The highest BCUT2D eigenvalue weighted by molar-refractivity contribution is 5.94. The van der Waals surface area contributed by atoms with Gasteiger partial charge in [-0.15, -0.1) is 0 Å². The van der Waals surface area contributed by atoms with Crippen molar-refractivity contribution in [2.45, 2.75) is 64.1 Å². The summed E-state index contributed by atoms with van der Waals surface area (Å²) >= 11 is 0. The first-order valence-corrected chi connectivity index (χ1v) is 6.88.